The standard InChI is InChI=1S/C27H25FN2O5/c1-16(12-25(31)30-24-13-17(26(32)33)10-11-23(24)28)14-29-27(34)35-15-22-20-8-4-2-6-18(20)19-7-3-5-9-21(19)22/h2-11,13,16,22H,12,14-15H2,1H3,(H,29,34)(H,30,31)(H,32,33). The summed E-state index contributed by atoms with van der Waals surface area (Å²) in [6.45, 7) is 2.13. The number of carbonyl (C=O) groups is 3. The van der Waals surface area contributed by atoms with E-state index in [9.17, 15) is 18.8 Å². The summed E-state index contributed by atoms with van der Waals surface area (Å²) < 4.78 is 19.4. The summed E-state index contributed by atoms with van der Waals surface area (Å²) in [5.41, 5.74) is 4.18. The first-order valence-corrected chi connectivity index (χ1v) is 11.2. The maximum Gasteiger partial charge on any atom is 0.407 e. The van der Waals surface area contributed by atoms with Gasteiger partial charge in [0, 0.05) is 18.9 Å². The van der Waals surface area contributed by atoms with Gasteiger partial charge in [-0.25, -0.2) is 14.0 Å². The first-order chi connectivity index (χ1) is 16.8. The zero-order valence-electron chi connectivity index (χ0n) is 19.1. The maximum atomic E-state index is 13.9. The molecule has 7 nitrogen and oxygen atoms in total. The normalized spacial score (nSPS) is 12.9. The number of amides is 2. The number of carboxylic acid groups (broad SMARTS) is 1. The van der Waals surface area contributed by atoms with Crippen molar-refractivity contribution in [2.75, 3.05) is 18.5 Å². The molecule has 0 aromatic heterocycles. The number of nitrogens with one attached hydrogen (secondary N) is 2. The predicted octanol–water partition coefficient (Wildman–Crippen LogP) is 5.03. The highest BCUT2D eigenvalue weighted by atomic mass is 19.1. The van der Waals surface area contributed by atoms with Crippen LogP contribution in [0.2, 0.25) is 0 Å². The van der Waals surface area contributed by atoms with Crippen LogP contribution in [0.25, 0.3) is 11.1 Å². The second-order valence-electron chi connectivity index (χ2n) is 8.56. The fourth-order valence-corrected chi connectivity index (χ4v) is 4.25. The summed E-state index contributed by atoms with van der Waals surface area (Å²) in [7, 11) is 0. The molecule has 3 aromatic rings. The SMILES string of the molecule is CC(CNC(=O)OCC1c2ccccc2-c2ccccc21)CC(=O)Nc1cc(C(=O)O)ccc1F. The summed E-state index contributed by atoms with van der Waals surface area (Å²) in [4.78, 5) is 35.6. The predicted molar refractivity (Wildman–Crippen MR) is 129 cm³/mol. The van der Waals surface area contributed by atoms with Crippen LogP contribution < -0.4 is 10.6 Å². The lowest BCUT2D eigenvalue weighted by Gasteiger charge is -2.16. The minimum Gasteiger partial charge on any atom is -0.478 e. The number of ether oxygens (including phenoxy) is 1. The summed E-state index contributed by atoms with van der Waals surface area (Å²) >= 11 is 0. The minimum absolute atomic E-state index is 0.000392. The lowest BCUT2D eigenvalue weighted by atomic mass is 9.98. The second kappa shape index (κ2) is 10.4. The lowest BCUT2D eigenvalue weighted by Crippen LogP contribution is -2.31. The van der Waals surface area contributed by atoms with Crippen LogP contribution >= 0.6 is 0 Å². The fourth-order valence-electron chi connectivity index (χ4n) is 4.25. The number of anilines is 1. The number of fused-ring (bicyclic) bond motifs is 3. The average molecular weight is 477 g/mol. The number of hydrogen-bond acceptors (Lipinski definition) is 4. The summed E-state index contributed by atoms with van der Waals surface area (Å²) in [6, 6.07) is 19.3. The summed E-state index contributed by atoms with van der Waals surface area (Å²) in [5.74, 6) is -2.75. The van der Waals surface area contributed by atoms with Gasteiger partial charge in [0.25, 0.3) is 0 Å². The van der Waals surface area contributed by atoms with E-state index in [1.807, 2.05) is 36.4 Å². The molecule has 3 aromatic carbocycles. The molecule has 0 saturated heterocycles. The molecule has 2 amide bonds. The molecular weight excluding hydrogens is 451 g/mol. The number of aromatic carboxylic acids is 1. The van der Waals surface area contributed by atoms with Crippen LogP contribution in [0.15, 0.2) is 66.7 Å². The first-order valence-electron chi connectivity index (χ1n) is 11.2. The Bertz CT molecular complexity index is 1230. The number of carbonyl (C=O) groups excluding carboxylic acids is 2. The van der Waals surface area contributed by atoms with Crippen molar-refractivity contribution >= 4 is 23.7 Å². The smallest absolute Gasteiger partial charge is 0.407 e. The second-order valence-corrected chi connectivity index (χ2v) is 8.56. The van der Waals surface area contributed by atoms with Crippen LogP contribution in [0.1, 0.15) is 40.7 Å². The third-order valence-electron chi connectivity index (χ3n) is 5.96. The van der Waals surface area contributed by atoms with Crippen LogP contribution in [0.3, 0.4) is 0 Å². The van der Waals surface area contributed by atoms with Gasteiger partial charge in [0.15, 0.2) is 0 Å². The van der Waals surface area contributed by atoms with Crippen LogP contribution in [0.4, 0.5) is 14.9 Å². The van der Waals surface area contributed by atoms with E-state index in [-0.39, 0.29) is 42.7 Å². The van der Waals surface area contributed by atoms with Crippen molar-refractivity contribution in [3.63, 3.8) is 0 Å². The molecule has 1 atom stereocenters. The summed E-state index contributed by atoms with van der Waals surface area (Å²) in [5, 5.41) is 14.1. The van der Waals surface area contributed by atoms with Crippen molar-refractivity contribution < 1.29 is 28.6 Å². The van der Waals surface area contributed by atoms with Crippen LogP contribution in [-0.2, 0) is 9.53 Å². The number of benzene rings is 3. The largest absolute Gasteiger partial charge is 0.478 e. The molecule has 35 heavy (non-hydrogen) atoms. The highest BCUT2D eigenvalue weighted by molar-refractivity contribution is 5.94. The molecule has 8 heteroatoms. The Hall–Kier alpha value is -4.20. The van der Waals surface area contributed by atoms with Crippen molar-refractivity contribution in [2.24, 2.45) is 5.92 Å². The van der Waals surface area contributed by atoms with Gasteiger partial charge in [-0.3, -0.25) is 4.79 Å². The molecule has 0 fully saturated rings. The molecule has 0 spiro atoms. The van der Waals surface area contributed by atoms with E-state index in [1.54, 1.807) is 6.92 Å². The molecule has 1 unspecified atom stereocenters. The van der Waals surface area contributed by atoms with Crippen molar-refractivity contribution in [2.45, 2.75) is 19.3 Å². The highest BCUT2D eigenvalue weighted by Crippen LogP contribution is 2.44. The Morgan fingerprint density at radius 2 is 1.63 bits per heavy atom. The Morgan fingerprint density at radius 1 is 1.00 bits per heavy atom. The van der Waals surface area contributed by atoms with Crippen molar-refractivity contribution in [1.82, 2.24) is 5.32 Å². The summed E-state index contributed by atoms with van der Waals surface area (Å²) in [6.07, 6.45) is -0.584. The highest BCUT2D eigenvalue weighted by Gasteiger charge is 2.29. The number of carboxylic acids is 1. The molecule has 0 heterocycles. The van der Waals surface area contributed by atoms with Crippen molar-refractivity contribution in [3.05, 3.63) is 89.2 Å². The molecular formula is C27H25FN2O5. The number of hydrogen-bond donors (Lipinski definition) is 3. The maximum absolute atomic E-state index is 13.9. The quantitative estimate of drug-likeness (QED) is 0.423. The molecule has 0 bridgehead atoms. The van der Waals surface area contributed by atoms with Gasteiger partial charge in [0.2, 0.25) is 5.91 Å². The lowest BCUT2D eigenvalue weighted by molar-refractivity contribution is -0.117. The van der Waals surface area contributed by atoms with E-state index in [0.717, 1.165) is 40.5 Å². The van der Waals surface area contributed by atoms with E-state index in [0.29, 0.717) is 0 Å². The van der Waals surface area contributed by atoms with Crippen LogP contribution in [-0.4, -0.2) is 36.2 Å². The molecule has 0 saturated carbocycles. The van der Waals surface area contributed by atoms with Gasteiger partial charge in [0.05, 0.1) is 11.3 Å². The molecule has 1 aliphatic carbocycles. The van der Waals surface area contributed by atoms with Crippen LogP contribution in [0.5, 0.6) is 0 Å². The number of rotatable bonds is 8. The Labute approximate surface area is 201 Å². The van der Waals surface area contributed by atoms with Gasteiger partial charge >= 0.3 is 12.1 Å². The molecule has 3 N–H and O–H groups in total. The zero-order chi connectivity index (χ0) is 24.9. The van der Waals surface area contributed by atoms with Gasteiger partial charge in [-0.2, -0.15) is 0 Å². The molecule has 4 rings (SSSR count). The third kappa shape index (κ3) is 5.48. The minimum atomic E-state index is -1.22. The Morgan fingerprint density at radius 3 is 2.26 bits per heavy atom. The molecule has 0 radical (unpaired) electrons. The van der Waals surface area contributed by atoms with Crippen molar-refractivity contribution in [1.29, 1.82) is 0 Å². The molecule has 180 valence electrons. The van der Waals surface area contributed by atoms with Crippen molar-refractivity contribution in [3.8, 4) is 11.1 Å². The van der Waals surface area contributed by atoms with E-state index in [2.05, 4.69) is 22.8 Å². The number of halogens is 1. The zero-order valence-corrected chi connectivity index (χ0v) is 19.1. The van der Waals surface area contributed by atoms with E-state index in [4.69, 9.17) is 9.84 Å². The molecule has 1 aliphatic rings. The van der Waals surface area contributed by atoms with Gasteiger partial charge < -0.3 is 20.5 Å². The van der Waals surface area contributed by atoms with Gasteiger partial charge in [-0.15, -0.1) is 0 Å². The monoisotopic (exact) mass is 476 g/mol. The van der Waals surface area contributed by atoms with E-state index >= 15 is 0 Å². The Balaban J connectivity index is 1.26. The van der Waals surface area contributed by atoms with Gasteiger partial charge in [-0.05, 0) is 46.4 Å². The van der Waals surface area contributed by atoms with E-state index < -0.39 is 23.8 Å². The Kier molecular flexibility index (Phi) is 7.10. The average Bonchev–Trinajstić information content (AvgIpc) is 3.16. The first kappa shape index (κ1) is 23.9. The topological polar surface area (TPSA) is 105 Å². The fraction of sp³-hybridized carbons (Fsp3) is 0.222. The van der Waals surface area contributed by atoms with Gasteiger partial charge in [-0.1, -0.05) is 55.5 Å². The van der Waals surface area contributed by atoms with E-state index in [1.165, 1.54) is 0 Å². The van der Waals surface area contributed by atoms with Gasteiger partial charge in [0.1, 0.15) is 12.4 Å². The number of alkyl carbamates (subject to hydrolysis) is 1. The molecule has 0 aliphatic heterocycles. The van der Waals surface area contributed by atoms with Crippen LogP contribution in [0, 0.1) is 11.7 Å². The third-order valence-corrected chi connectivity index (χ3v) is 5.96.